The number of halogens is 1. The van der Waals surface area contributed by atoms with Crippen LogP contribution in [0.5, 0.6) is 0 Å². The van der Waals surface area contributed by atoms with E-state index in [4.69, 9.17) is 11.6 Å². The molecule has 0 spiro atoms. The van der Waals surface area contributed by atoms with E-state index in [9.17, 15) is 4.55 Å². The van der Waals surface area contributed by atoms with Gasteiger partial charge in [0.15, 0.2) is 0 Å². The van der Waals surface area contributed by atoms with E-state index in [-0.39, 0.29) is 10.5 Å². The number of piperidine rings is 1. The molecule has 1 aromatic rings. The quantitative estimate of drug-likeness (QED) is 0.626. The van der Waals surface area contributed by atoms with Crippen molar-refractivity contribution >= 4 is 34.4 Å². The lowest BCUT2D eigenvalue weighted by Gasteiger charge is -2.34. The van der Waals surface area contributed by atoms with Crippen LogP contribution in [0.3, 0.4) is 0 Å². The van der Waals surface area contributed by atoms with Gasteiger partial charge in [-0.3, -0.25) is 0 Å². The van der Waals surface area contributed by atoms with Crippen molar-refractivity contribution < 1.29 is 4.55 Å². The minimum atomic E-state index is -0.749. The van der Waals surface area contributed by atoms with Gasteiger partial charge in [0.25, 0.3) is 0 Å². The summed E-state index contributed by atoms with van der Waals surface area (Å²) in [6.07, 6.45) is 5.85. The zero-order valence-electron chi connectivity index (χ0n) is 13.8. The maximum atomic E-state index is 12.2. The van der Waals surface area contributed by atoms with Crippen LogP contribution < -0.4 is 10.2 Å². The molecule has 5 nitrogen and oxygen atoms in total. The number of aromatic nitrogens is 2. The summed E-state index contributed by atoms with van der Waals surface area (Å²) in [5.41, 5.74) is 0. The second-order valence-electron chi connectivity index (χ2n) is 6.64. The molecule has 1 saturated heterocycles. The van der Waals surface area contributed by atoms with E-state index in [0.29, 0.717) is 17.8 Å². The van der Waals surface area contributed by atoms with E-state index >= 15 is 0 Å². The summed E-state index contributed by atoms with van der Waals surface area (Å²) >= 11 is 5.36. The Morgan fingerprint density at radius 3 is 2.87 bits per heavy atom. The predicted molar refractivity (Wildman–Crippen MR) is 96.8 cm³/mol. The van der Waals surface area contributed by atoms with Crippen molar-refractivity contribution in [2.24, 2.45) is 0 Å². The van der Waals surface area contributed by atoms with Gasteiger partial charge in [0, 0.05) is 18.7 Å². The van der Waals surface area contributed by atoms with Crippen molar-refractivity contribution in [1.29, 1.82) is 0 Å². The van der Waals surface area contributed by atoms with Gasteiger partial charge < -0.3 is 14.8 Å². The molecule has 128 valence electrons. The van der Waals surface area contributed by atoms with Gasteiger partial charge in [0.2, 0.25) is 5.28 Å². The number of nitrogens with one attached hydrogen (secondary N) is 1. The fraction of sp³-hybridized carbons (Fsp3) is 0.750. The van der Waals surface area contributed by atoms with Crippen molar-refractivity contribution in [3.63, 3.8) is 0 Å². The summed E-state index contributed by atoms with van der Waals surface area (Å²) in [5, 5.41) is 4.08. The zero-order valence-corrected chi connectivity index (χ0v) is 15.4. The van der Waals surface area contributed by atoms with Crippen LogP contribution in [0.15, 0.2) is 6.07 Å². The number of rotatable bonds is 6. The van der Waals surface area contributed by atoms with Crippen LogP contribution in [0, 0.1) is 0 Å². The van der Waals surface area contributed by atoms with E-state index < -0.39 is 11.2 Å². The SMILES string of the molecule is C[C@@H]1CCCCN1c1cc(NC[C@@H](C)[S+]([O-])C2CC2)nc(Cl)n1. The average Bonchev–Trinajstić information content (AvgIpc) is 3.36. The number of anilines is 2. The van der Waals surface area contributed by atoms with E-state index in [2.05, 4.69) is 27.1 Å². The lowest BCUT2D eigenvalue weighted by atomic mass is 10.0. The summed E-state index contributed by atoms with van der Waals surface area (Å²) in [4.78, 5) is 11.0. The third kappa shape index (κ3) is 4.43. The summed E-state index contributed by atoms with van der Waals surface area (Å²) < 4.78 is 12.2. The van der Waals surface area contributed by atoms with Crippen LogP contribution in [0.25, 0.3) is 0 Å². The largest absolute Gasteiger partial charge is 0.616 e. The topological polar surface area (TPSA) is 64.1 Å². The maximum absolute atomic E-state index is 12.2. The molecule has 1 aromatic heterocycles. The zero-order chi connectivity index (χ0) is 16.4. The van der Waals surface area contributed by atoms with Crippen LogP contribution in [0.2, 0.25) is 5.28 Å². The second-order valence-corrected chi connectivity index (χ2v) is 9.10. The predicted octanol–water partition coefficient (Wildman–Crippen LogP) is 3.22. The average molecular weight is 357 g/mol. The molecule has 1 unspecified atom stereocenters. The third-order valence-corrected chi connectivity index (χ3v) is 6.86. The Bertz CT molecular complexity index is 543. The van der Waals surface area contributed by atoms with Crippen molar-refractivity contribution in [3.05, 3.63) is 11.3 Å². The minimum absolute atomic E-state index is 0.119. The van der Waals surface area contributed by atoms with Gasteiger partial charge >= 0.3 is 0 Å². The van der Waals surface area contributed by atoms with Crippen molar-refractivity contribution in [2.75, 3.05) is 23.3 Å². The van der Waals surface area contributed by atoms with E-state index in [0.717, 1.165) is 31.0 Å². The summed E-state index contributed by atoms with van der Waals surface area (Å²) in [6, 6.07) is 2.43. The lowest BCUT2D eigenvalue weighted by molar-refractivity contribution is 0.481. The van der Waals surface area contributed by atoms with Crippen LogP contribution in [0.1, 0.15) is 46.0 Å². The van der Waals surface area contributed by atoms with Crippen LogP contribution in [0.4, 0.5) is 11.6 Å². The molecule has 0 radical (unpaired) electrons. The highest BCUT2D eigenvalue weighted by molar-refractivity contribution is 7.92. The van der Waals surface area contributed by atoms with Crippen LogP contribution >= 0.6 is 11.6 Å². The monoisotopic (exact) mass is 356 g/mol. The molecule has 0 bridgehead atoms. The molecule has 0 aromatic carbocycles. The maximum Gasteiger partial charge on any atom is 0.226 e. The molecule has 23 heavy (non-hydrogen) atoms. The molecule has 1 aliphatic carbocycles. The molecule has 2 fully saturated rings. The van der Waals surface area contributed by atoms with E-state index in [1.807, 2.05) is 13.0 Å². The van der Waals surface area contributed by atoms with Crippen LogP contribution in [-0.2, 0) is 11.2 Å². The molecular weight excluding hydrogens is 332 g/mol. The Morgan fingerprint density at radius 1 is 1.39 bits per heavy atom. The number of hydrogen-bond donors (Lipinski definition) is 1. The molecule has 7 heteroatoms. The van der Waals surface area contributed by atoms with E-state index in [1.165, 1.54) is 19.3 Å². The molecule has 2 aliphatic rings. The van der Waals surface area contributed by atoms with Gasteiger partial charge in [0.1, 0.15) is 22.1 Å². The summed E-state index contributed by atoms with van der Waals surface area (Å²) in [5.74, 6) is 1.60. The van der Waals surface area contributed by atoms with Crippen molar-refractivity contribution in [3.8, 4) is 0 Å². The Balaban J connectivity index is 1.65. The molecule has 3 atom stereocenters. The van der Waals surface area contributed by atoms with Crippen molar-refractivity contribution in [2.45, 2.75) is 62.5 Å². The molecule has 1 N–H and O–H groups in total. The van der Waals surface area contributed by atoms with Crippen LogP contribution in [-0.4, -0.2) is 44.2 Å². The Morgan fingerprint density at radius 2 is 2.17 bits per heavy atom. The molecule has 3 rings (SSSR count). The number of nitrogens with zero attached hydrogens (tertiary/aromatic N) is 3. The fourth-order valence-electron chi connectivity index (χ4n) is 3.04. The lowest BCUT2D eigenvalue weighted by Crippen LogP contribution is -2.38. The highest BCUT2D eigenvalue weighted by Crippen LogP contribution is 2.31. The minimum Gasteiger partial charge on any atom is -0.616 e. The molecule has 0 amide bonds. The Hall–Kier alpha value is -0.720. The highest BCUT2D eigenvalue weighted by Gasteiger charge is 2.37. The van der Waals surface area contributed by atoms with Gasteiger partial charge in [-0.2, -0.15) is 0 Å². The smallest absolute Gasteiger partial charge is 0.226 e. The standard InChI is InChI=1S/C16H25ClN4OS/c1-11-5-3-4-8-21(11)15-9-14(19-16(17)20-15)18-10-12(2)23(22)13-6-7-13/h9,11-13H,3-8,10H2,1-2H3,(H,18,19,20)/t11-,12-,23?/m1/s1. The third-order valence-electron chi connectivity index (χ3n) is 4.60. The highest BCUT2D eigenvalue weighted by atomic mass is 35.5. The number of hydrogen-bond acceptors (Lipinski definition) is 5. The van der Waals surface area contributed by atoms with Gasteiger partial charge in [-0.1, -0.05) is 0 Å². The normalized spacial score (nSPS) is 24.3. The first kappa shape index (κ1) is 17.1. The summed E-state index contributed by atoms with van der Waals surface area (Å²) in [7, 11) is 0. The first-order valence-electron chi connectivity index (χ1n) is 8.49. The molecule has 1 aliphatic heterocycles. The second kappa shape index (κ2) is 7.45. The summed E-state index contributed by atoms with van der Waals surface area (Å²) in [6.45, 7) is 5.91. The Labute approximate surface area is 146 Å². The van der Waals surface area contributed by atoms with Gasteiger partial charge in [-0.15, -0.1) is 0 Å². The molecule has 1 saturated carbocycles. The van der Waals surface area contributed by atoms with Crippen molar-refractivity contribution in [1.82, 2.24) is 9.97 Å². The first-order chi connectivity index (χ1) is 11.0. The first-order valence-corrected chi connectivity index (χ1v) is 10.1. The Kier molecular flexibility index (Phi) is 5.54. The van der Waals surface area contributed by atoms with Gasteiger partial charge in [-0.05, 0) is 68.7 Å². The van der Waals surface area contributed by atoms with Gasteiger partial charge in [-0.25, -0.2) is 9.97 Å². The van der Waals surface area contributed by atoms with E-state index in [1.54, 1.807) is 0 Å². The molecular formula is C16H25ClN4OS. The molecule has 2 heterocycles. The fourth-order valence-corrected chi connectivity index (χ4v) is 4.72. The van der Waals surface area contributed by atoms with Gasteiger partial charge in [0.05, 0.1) is 6.54 Å².